The highest BCUT2D eigenvalue weighted by Crippen LogP contribution is 2.32. The number of pyridine rings is 1. The van der Waals surface area contributed by atoms with Crippen LogP contribution in [0.3, 0.4) is 0 Å². The summed E-state index contributed by atoms with van der Waals surface area (Å²) in [6, 6.07) is 8.93. The van der Waals surface area contributed by atoms with Gasteiger partial charge in [-0.05, 0) is 48.5 Å². The largest absolute Gasteiger partial charge is 0.416 e. The average Bonchev–Trinajstić information content (AvgIpc) is 3.14. The molecule has 0 saturated heterocycles. The van der Waals surface area contributed by atoms with Gasteiger partial charge in [-0.2, -0.15) is 13.2 Å². The molecule has 0 aliphatic rings. The van der Waals surface area contributed by atoms with Crippen molar-refractivity contribution in [1.29, 1.82) is 0 Å². The highest BCUT2D eigenvalue weighted by atomic mass is 35.5. The van der Waals surface area contributed by atoms with E-state index in [0.29, 0.717) is 46.6 Å². The fraction of sp³-hybridized carbons (Fsp3) is 0.0500. The SMILES string of the molecule is O=C(Nc1ccc(Nc2nc3c(Cl)nccc3[nH]2)cc1)Nc1cc(C(F)(F)F)ccc1F. The van der Waals surface area contributed by atoms with Gasteiger partial charge in [0.15, 0.2) is 5.15 Å². The molecule has 12 heteroatoms. The van der Waals surface area contributed by atoms with E-state index >= 15 is 0 Å². The van der Waals surface area contributed by atoms with Gasteiger partial charge in [0.1, 0.15) is 11.3 Å². The molecular weight excluding hydrogens is 452 g/mol. The molecule has 0 aliphatic heterocycles. The Bertz CT molecular complexity index is 1290. The van der Waals surface area contributed by atoms with E-state index in [-0.39, 0.29) is 5.15 Å². The number of amides is 2. The smallest absolute Gasteiger partial charge is 0.326 e. The number of carbonyl (C=O) groups is 1. The van der Waals surface area contributed by atoms with Gasteiger partial charge in [0, 0.05) is 17.6 Å². The Hall–Kier alpha value is -3.86. The Balaban J connectivity index is 1.41. The van der Waals surface area contributed by atoms with E-state index in [0.717, 1.165) is 0 Å². The summed E-state index contributed by atoms with van der Waals surface area (Å²) in [5.74, 6) is -0.567. The predicted molar refractivity (Wildman–Crippen MR) is 113 cm³/mol. The lowest BCUT2D eigenvalue weighted by Gasteiger charge is -2.12. The zero-order chi connectivity index (χ0) is 22.9. The number of benzene rings is 2. The second-order valence-electron chi connectivity index (χ2n) is 6.56. The molecule has 0 atom stereocenters. The van der Waals surface area contributed by atoms with Gasteiger partial charge in [-0.15, -0.1) is 0 Å². The van der Waals surface area contributed by atoms with E-state index in [1.165, 1.54) is 0 Å². The number of hydrogen-bond donors (Lipinski definition) is 4. The third kappa shape index (κ3) is 4.72. The highest BCUT2D eigenvalue weighted by Gasteiger charge is 2.31. The Labute approximate surface area is 182 Å². The lowest BCUT2D eigenvalue weighted by molar-refractivity contribution is -0.137. The van der Waals surface area contributed by atoms with E-state index < -0.39 is 29.3 Å². The maximum atomic E-state index is 13.8. The van der Waals surface area contributed by atoms with E-state index in [1.54, 1.807) is 36.5 Å². The van der Waals surface area contributed by atoms with Crippen LogP contribution in [0.4, 0.5) is 45.4 Å². The Morgan fingerprint density at radius 3 is 2.41 bits per heavy atom. The lowest BCUT2D eigenvalue weighted by Crippen LogP contribution is -2.20. The van der Waals surface area contributed by atoms with Gasteiger partial charge < -0.3 is 20.9 Å². The van der Waals surface area contributed by atoms with Crippen molar-refractivity contribution < 1.29 is 22.4 Å². The summed E-state index contributed by atoms with van der Waals surface area (Å²) in [5, 5.41) is 7.78. The number of halogens is 5. The Morgan fingerprint density at radius 1 is 1.00 bits per heavy atom. The number of H-pyrrole nitrogens is 1. The summed E-state index contributed by atoms with van der Waals surface area (Å²) in [7, 11) is 0. The second-order valence-corrected chi connectivity index (χ2v) is 6.92. The highest BCUT2D eigenvalue weighted by molar-refractivity contribution is 6.33. The first kappa shape index (κ1) is 21.4. The number of urea groups is 1. The minimum absolute atomic E-state index is 0.259. The zero-order valence-electron chi connectivity index (χ0n) is 15.9. The molecule has 0 fully saturated rings. The minimum atomic E-state index is -4.66. The van der Waals surface area contributed by atoms with Crippen molar-refractivity contribution in [2.24, 2.45) is 0 Å². The molecule has 32 heavy (non-hydrogen) atoms. The maximum absolute atomic E-state index is 13.8. The van der Waals surface area contributed by atoms with Crippen molar-refractivity contribution in [3.8, 4) is 0 Å². The topological polar surface area (TPSA) is 94.7 Å². The molecule has 0 spiro atoms. The van der Waals surface area contributed by atoms with Crippen molar-refractivity contribution in [1.82, 2.24) is 15.0 Å². The number of alkyl halides is 3. The van der Waals surface area contributed by atoms with Gasteiger partial charge >= 0.3 is 12.2 Å². The molecule has 2 heterocycles. The van der Waals surface area contributed by atoms with Crippen LogP contribution >= 0.6 is 11.6 Å². The summed E-state index contributed by atoms with van der Waals surface area (Å²) >= 11 is 5.99. The molecule has 4 N–H and O–H groups in total. The summed E-state index contributed by atoms with van der Waals surface area (Å²) in [6.07, 6.45) is -3.12. The number of rotatable bonds is 4. The average molecular weight is 465 g/mol. The molecule has 164 valence electrons. The van der Waals surface area contributed by atoms with E-state index in [2.05, 4.69) is 30.9 Å². The number of aromatic nitrogens is 3. The van der Waals surface area contributed by atoms with Crippen LogP contribution in [-0.4, -0.2) is 21.0 Å². The molecule has 0 bridgehead atoms. The number of carbonyl (C=O) groups excluding carboxylic acids is 1. The fourth-order valence-corrected chi connectivity index (χ4v) is 3.02. The molecule has 2 amide bonds. The predicted octanol–water partition coefficient (Wildman–Crippen LogP) is 6.16. The molecule has 0 unspecified atom stereocenters. The first-order valence-corrected chi connectivity index (χ1v) is 9.39. The van der Waals surface area contributed by atoms with Crippen LogP contribution in [0, 0.1) is 5.82 Å². The first-order chi connectivity index (χ1) is 15.2. The van der Waals surface area contributed by atoms with Gasteiger partial charge in [0.25, 0.3) is 0 Å². The van der Waals surface area contributed by atoms with Crippen LogP contribution in [-0.2, 0) is 6.18 Å². The molecule has 2 aromatic carbocycles. The van der Waals surface area contributed by atoms with E-state index in [4.69, 9.17) is 11.6 Å². The zero-order valence-corrected chi connectivity index (χ0v) is 16.6. The molecule has 0 aliphatic carbocycles. The summed E-state index contributed by atoms with van der Waals surface area (Å²) in [4.78, 5) is 23.4. The van der Waals surface area contributed by atoms with Gasteiger partial charge in [-0.1, -0.05) is 11.6 Å². The molecule has 4 aromatic rings. The summed E-state index contributed by atoms with van der Waals surface area (Å²) in [6.45, 7) is 0. The van der Waals surface area contributed by atoms with Crippen LogP contribution in [0.15, 0.2) is 54.7 Å². The molecular formula is C20H13ClF4N6O. The number of hydrogen-bond acceptors (Lipinski definition) is 4. The second kappa shape index (κ2) is 8.35. The van der Waals surface area contributed by atoms with Crippen molar-refractivity contribution >= 4 is 51.7 Å². The lowest BCUT2D eigenvalue weighted by atomic mass is 10.2. The van der Waals surface area contributed by atoms with Crippen LogP contribution < -0.4 is 16.0 Å². The number of fused-ring (bicyclic) bond motifs is 1. The van der Waals surface area contributed by atoms with E-state index in [9.17, 15) is 22.4 Å². The third-order valence-electron chi connectivity index (χ3n) is 4.30. The maximum Gasteiger partial charge on any atom is 0.416 e. The van der Waals surface area contributed by atoms with Crippen LogP contribution in [0.1, 0.15) is 5.56 Å². The molecule has 4 rings (SSSR count). The van der Waals surface area contributed by atoms with Gasteiger partial charge in [0.05, 0.1) is 16.8 Å². The molecule has 0 saturated carbocycles. The monoisotopic (exact) mass is 464 g/mol. The standard InChI is InChI=1S/C20H13ClF4N6O/c21-17-16-14(7-8-26-17)29-18(31-16)27-11-2-4-12(5-3-11)28-19(32)30-15-9-10(20(23,24)25)1-6-13(15)22/h1-9H,(H2,27,29,31)(H2,28,30,32). The number of nitrogens with zero attached hydrogens (tertiary/aromatic N) is 2. The van der Waals surface area contributed by atoms with Crippen molar-refractivity contribution in [2.75, 3.05) is 16.0 Å². The van der Waals surface area contributed by atoms with Crippen molar-refractivity contribution in [2.45, 2.75) is 6.18 Å². The Morgan fingerprint density at radius 2 is 1.72 bits per heavy atom. The molecule has 7 nitrogen and oxygen atoms in total. The van der Waals surface area contributed by atoms with Gasteiger partial charge in [-0.3, -0.25) is 0 Å². The number of aromatic amines is 1. The fourth-order valence-electron chi connectivity index (χ4n) is 2.82. The van der Waals surface area contributed by atoms with Crippen LogP contribution in [0.5, 0.6) is 0 Å². The van der Waals surface area contributed by atoms with Crippen LogP contribution in [0.2, 0.25) is 5.15 Å². The minimum Gasteiger partial charge on any atom is -0.326 e. The van der Waals surface area contributed by atoms with Gasteiger partial charge in [0.2, 0.25) is 5.95 Å². The number of imidazole rings is 1. The molecule has 0 radical (unpaired) electrons. The first-order valence-electron chi connectivity index (χ1n) is 9.01. The van der Waals surface area contributed by atoms with Crippen molar-refractivity contribution in [3.05, 3.63) is 71.3 Å². The number of anilines is 4. The molecule has 2 aromatic heterocycles. The summed E-state index contributed by atoms with van der Waals surface area (Å²) < 4.78 is 52.1. The number of nitrogens with one attached hydrogen (secondary N) is 4. The third-order valence-corrected chi connectivity index (χ3v) is 4.58. The quantitative estimate of drug-likeness (QED) is 0.215. The van der Waals surface area contributed by atoms with E-state index in [1.807, 2.05) is 0 Å². The summed E-state index contributed by atoms with van der Waals surface area (Å²) in [5.41, 5.74) is 0.499. The normalized spacial score (nSPS) is 11.4. The van der Waals surface area contributed by atoms with Crippen LogP contribution in [0.25, 0.3) is 11.0 Å². The Kier molecular flexibility index (Phi) is 5.57. The van der Waals surface area contributed by atoms with Crippen molar-refractivity contribution in [3.63, 3.8) is 0 Å². The van der Waals surface area contributed by atoms with Gasteiger partial charge in [-0.25, -0.2) is 19.2 Å².